The number of anilines is 1. The molecule has 0 unspecified atom stereocenters. The van der Waals surface area contributed by atoms with Crippen LogP contribution in [0.5, 0.6) is 0 Å². The van der Waals surface area contributed by atoms with E-state index in [9.17, 15) is 10.1 Å². The topological polar surface area (TPSA) is 82.3 Å². The number of nitro benzene ring substituents is 1. The lowest BCUT2D eigenvalue weighted by atomic mass is 10.2. The van der Waals surface area contributed by atoms with Gasteiger partial charge in [0.15, 0.2) is 0 Å². The van der Waals surface area contributed by atoms with Crippen molar-refractivity contribution >= 4 is 22.3 Å². The minimum absolute atomic E-state index is 0.0144. The number of nitrogens with two attached hydrogens (primary N) is 1. The van der Waals surface area contributed by atoms with E-state index in [1.807, 2.05) is 0 Å². The fourth-order valence-corrected chi connectivity index (χ4v) is 1.15. The Morgan fingerprint density at radius 3 is 2.92 bits per heavy atom. The van der Waals surface area contributed by atoms with Gasteiger partial charge in [-0.05, 0) is 6.07 Å². The van der Waals surface area contributed by atoms with Gasteiger partial charge in [0.1, 0.15) is 11.8 Å². The van der Waals surface area contributed by atoms with Crippen LogP contribution in [-0.2, 0) is 0 Å². The SMILES string of the molecule is Nc1coc2ccc([N+](=O)[O-])cc12. The van der Waals surface area contributed by atoms with Gasteiger partial charge in [0.25, 0.3) is 5.69 Å². The Labute approximate surface area is 72.9 Å². The fraction of sp³-hybridized carbons (Fsp3) is 0. The van der Waals surface area contributed by atoms with Gasteiger partial charge in [-0.25, -0.2) is 0 Å². The first-order valence-electron chi connectivity index (χ1n) is 3.59. The van der Waals surface area contributed by atoms with E-state index >= 15 is 0 Å². The molecule has 13 heavy (non-hydrogen) atoms. The molecule has 1 aromatic heterocycles. The average Bonchev–Trinajstić information content (AvgIpc) is 2.47. The highest BCUT2D eigenvalue weighted by Crippen LogP contribution is 2.26. The zero-order valence-corrected chi connectivity index (χ0v) is 6.56. The molecule has 2 aromatic rings. The highest BCUT2D eigenvalue weighted by molar-refractivity contribution is 5.90. The lowest BCUT2D eigenvalue weighted by Crippen LogP contribution is -1.87. The number of hydrogen-bond acceptors (Lipinski definition) is 4. The van der Waals surface area contributed by atoms with Gasteiger partial charge in [0, 0.05) is 12.1 Å². The van der Waals surface area contributed by atoms with E-state index in [1.165, 1.54) is 24.5 Å². The molecule has 0 aliphatic heterocycles. The van der Waals surface area contributed by atoms with Crippen LogP contribution >= 0.6 is 0 Å². The maximum absolute atomic E-state index is 10.4. The zero-order valence-electron chi connectivity index (χ0n) is 6.56. The molecule has 0 saturated carbocycles. The normalized spacial score (nSPS) is 10.5. The summed E-state index contributed by atoms with van der Waals surface area (Å²) in [5.74, 6) is 0. The summed E-state index contributed by atoms with van der Waals surface area (Å²) in [6, 6.07) is 4.31. The molecular formula is C8H6N2O3. The number of non-ortho nitro benzene ring substituents is 1. The summed E-state index contributed by atoms with van der Waals surface area (Å²) >= 11 is 0. The van der Waals surface area contributed by atoms with Gasteiger partial charge in [0.2, 0.25) is 0 Å². The molecule has 5 nitrogen and oxygen atoms in total. The third-order valence-corrected chi connectivity index (χ3v) is 1.80. The number of fused-ring (bicyclic) bond motifs is 1. The fourth-order valence-electron chi connectivity index (χ4n) is 1.15. The van der Waals surface area contributed by atoms with Crippen molar-refractivity contribution in [1.82, 2.24) is 0 Å². The Kier molecular flexibility index (Phi) is 1.45. The molecule has 1 aromatic carbocycles. The maximum Gasteiger partial charge on any atom is 0.270 e. The molecule has 0 radical (unpaired) electrons. The molecule has 0 amide bonds. The highest BCUT2D eigenvalue weighted by Gasteiger charge is 2.09. The van der Waals surface area contributed by atoms with Crippen molar-refractivity contribution in [2.75, 3.05) is 5.73 Å². The Morgan fingerprint density at radius 2 is 2.23 bits per heavy atom. The van der Waals surface area contributed by atoms with Crippen LogP contribution in [0.3, 0.4) is 0 Å². The summed E-state index contributed by atoms with van der Waals surface area (Å²) in [5, 5.41) is 11.0. The summed E-state index contributed by atoms with van der Waals surface area (Å²) in [7, 11) is 0. The van der Waals surface area contributed by atoms with E-state index in [0.29, 0.717) is 16.7 Å². The Balaban J connectivity index is 2.72. The Morgan fingerprint density at radius 1 is 1.46 bits per heavy atom. The van der Waals surface area contributed by atoms with Crippen LogP contribution < -0.4 is 5.73 Å². The largest absolute Gasteiger partial charge is 0.462 e. The number of hydrogen-bond donors (Lipinski definition) is 1. The van der Waals surface area contributed by atoms with E-state index in [2.05, 4.69) is 0 Å². The van der Waals surface area contributed by atoms with E-state index in [0.717, 1.165) is 0 Å². The second-order valence-corrected chi connectivity index (χ2v) is 2.63. The van der Waals surface area contributed by atoms with Crippen molar-refractivity contribution in [2.45, 2.75) is 0 Å². The molecule has 0 aliphatic carbocycles. The molecule has 2 N–H and O–H groups in total. The second-order valence-electron chi connectivity index (χ2n) is 2.63. The number of benzene rings is 1. The summed E-state index contributed by atoms with van der Waals surface area (Å²) in [6.45, 7) is 0. The standard InChI is InChI=1S/C8H6N2O3/c9-7-4-13-8-2-1-5(10(11)12)3-6(7)8/h1-4H,9H2. The summed E-state index contributed by atoms with van der Waals surface area (Å²) in [4.78, 5) is 9.95. The minimum atomic E-state index is -0.466. The molecule has 0 atom stereocenters. The molecule has 0 fully saturated rings. The Bertz CT molecular complexity index is 475. The number of nitro groups is 1. The van der Waals surface area contributed by atoms with Gasteiger partial charge in [0.05, 0.1) is 16.0 Å². The minimum Gasteiger partial charge on any atom is -0.462 e. The lowest BCUT2D eigenvalue weighted by molar-refractivity contribution is -0.384. The molecule has 66 valence electrons. The second kappa shape index (κ2) is 2.48. The van der Waals surface area contributed by atoms with E-state index in [4.69, 9.17) is 10.2 Å². The Hall–Kier alpha value is -2.04. The van der Waals surface area contributed by atoms with Crippen LogP contribution in [0.2, 0.25) is 0 Å². The van der Waals surface area contributed by atoms with E-state index < -0.39 is 4.92 Å². The van der Waals surface area contributed by atoms with Gasteiger partial charge in [-0.2, -0.15) is 0 Å². The number of nitrogen functional groups attached to an aromatic ring is 1. The summed E-state index contributed by atoms with van der Waals surface area (Å²) < 4.78 is 5.04. The lowest BCUT2D eigenvalue weighted by Gasteiger charge is -1.90. The first-order valence-corrected chi connectivity index (χ1v) is 3.59. The predicted molar refractivity (Wildman–Crippen MR) is 47.3 cm³/mol. The molecule has 0 spiro atoms. The molecule has 0 bridgehead atoms. The van der Waals surface area contributed by atoms with Gasteiger partial charge in [-0.15, -0.1) is 0 Å². The van der Waals surface area contributed by atoms with Crippen molar-refractivity contribution in [3.05, 3.63) is 34.6 Å². The predicted octanol–water partition coefficient (Wildman–Crippen LogP) is 1.92. The number of rotatable bonds is 1. The average molecular weight is 178 g/mol. The zero-order chi connectivity index (χ0) is 9.42. The van der Waals surface area contributed by atoms with Gasteiger partial charge in [-0.3, -0.25) is 10.1 Å². The van der Waals surface area contributed by atoms with Crippen LogP contribution in [-0.4, -0.2) is 4.92 Å². The third kappa shape index (κ3) is 1.10. The van der Waals surface area contributed by atoms with Crippen LogP contribution in [0.4, 0.5) is 11.4 Å². The number of nitrogens with zero attached hydrogens (tertiary/aromatic N) is 1. The van der Waals surface area contributed by atoms with E-state index in [-0.39, 0.29) is 5.69 Å². The molecular weight excluding hydrogens is 172 g/mol. The van der Waals surface area contributed by atoms with Crippen LogP contribution in [0.1, 0.15) is 0 Å². The van der Waals surface area contributed by atoms with Crippen LogP contribution in [0.15, 0.2) is 28.9 Å². The molecule has 0 saturated heterocycles. The molecule has 2 rings (SSSR count). The molecule has 1 heterocycles. The molecule has 0 aliphatic rings. The van der Waals surface area contributed by atoms with Crippen LogP contribution in [0.25, 0.3) is 11.0 Å². The quantitative estimate of drug-likeness (QED) is 0.534. The van der Waals surface area contributed by atoms with Gasteiger partial charge in [-0.1, -0.05) is 0 Å². The van der Waals surface area contributed by atoms with Crippen LogP contribution in [0, 0.1) is 10.1 Å². The van der Waals surface area contributed by atoms with Crippen molar-refractivity contribution in [1.29, 1.82) is 0 Å². The first-order chi connectivity index (χ1) is 6.18. The highest BCUT2D eigenvalue weighted by atomic mass is 16.6. The smallest absolute Gasteiger partial charge is 0.270 e. The summed E-state index contributed by atoms with van der Waals surface area (Å²) in [5.41, 5.74) is 6.52. The first kappa shape index (κ1) is 7.60. The van der Waals surface area contributed by atoms with Gasteiger partial charge < -0.3 is 10.2 Å². The van der Waals surface area contributed by atoms with Crippen molar-refractivity contribution in [3.63, 3.8) is 0 Å². The third-order valence-electron chi connectivity index (χ3n) is 1.80. The van der Waals surface area contributed by atoms with Crippen molar-refractivity contribution in [2.24, 2.45) is 0 Å². The summed E-state index contributed by atoms with van der Waals surface area (Å²) in [6.07, 6.45) is 1.37. The van der Waals surface area contributed by atoms with Crippen molar-refractivity contribution < 1.29 is 9.34 Å². The molecule has 5 heteroatoms. The maximum atomic E-state index is 10.4. The van der Waals surface area contributed by atoms with E-state index in [1.54, 1.807) is 0 Å². The number of furan rings is 1. The van der Waals surface area contributed by atoms with Crippen molar-refractivity contribution in [3.8, 4) is 0 Å². The van der Waals surface area contributed by atoms with Gasteiger partial charge >= 0.3 is 0 Å². The monoisotopic (exact) mass is 178 g/mol.